The van der Waals surface area contributed by atoms with Gasteiger partial charge in [0.2, 0.25) is 17.7 Å². The number of carbonyl (C=O) groups excluding carboxylic acids is 1. The Bertz CT molecular complexity index is 595. The van der Waals surface area contributed by atoms with Crippen LogP contribution in [0.3, 0.4) is 0 Å². The zero-order valence-electron chi connectivity index (χ0n) is 11.6. The second-order valence-corrected chi connectivity index (χ2v) is 4.26. The third-order valence-electron chi connectivity index (χ3n) is 2.52. The van der Waals surface area contributed by atoms with Crippen molar-refractivity contribution >= 4 is 17.5 Å². The fourth-order valence-electron chi connectivity index (χ4n) is 1.44. The first-order chi connectivity index (χ1) is 9.58. The van der Waals surface area contributed by atoms with Gasteiger partial charge in [-0.3, -0.25) is 9.48 Å². The summed E-state index contributed by atoms with van der Waals surface area (Å²) in [5.74, 6) is 0.845. The average Bonchev–Trinajstić information content (AvgIpc) is 2.86. The third kappa shape index (κ3) is 3.44. The van der Waals surface area contributed by atoms with E-state index in [2.05, 4.69) is 20.4 Å². The molecular formula is C12H16N6O2. The van der Waals surface area contributed by atoms with Crippen molar-refractivity contribution < 1.29 is 9.53 Å². The van der Waals surface area contributed by atoms with Gasteiger partial charge < -0.3 is 15.0 Å². The van der Waals surface area contributed by atoms with Crippen molar-refractivity contribution in [3.63, 3.8) is 0 Å². The topological polar surface area (TPSA) is 85.2 Å². The molecule has 0 aromatic carbocycles. The van der Waals surface area contributed by atoms with E-state index < -0.39 is 0 Å². The summed E-state index contributed by atoms with van der Waals surface area (Å²) in [6, 6.07) is 1.66. The van der Waals surface area contributed by atoms with Gasteiger partial charge in [-0.05, 0) is 0 Å². The van der Waals surface area contributed by atoms with E-state index in [0.717, 1.165) is 0 Å². The molecule has 8 heteroatoms. The summed E-state index contributed by atoms with van der Waals surface area (Å²) in [5, 5.41) is 7.09. The molecule has 0 bridgehead atoms. The summed E-state index contributed by atoms with van der Waals surface area (Å²) in [6.45, 7) is 0.188. The first-order valence-electron chi connectivity index (χ1n) is 5.95. The summed E-state index contributed by atoms with van der Waals surface area (Å²) < 4.78 is 6.56. The minimum atomic E-state index is -0.0303. The van der Waals surface area contributed by atoms with Gasteiger partial charge in [-0.2, -0.15) is 10.1 Å². The number of nitrogens with one attached hydrogen (secondary N) is 1. The number of ether oxygens (including phenoxy) is 1. The summed E-state index contributed by atoms with van der Waals surface area (Å²) in [7, 11) is 4.95. The summed E-state index contributed by atoms with van der Waals surface area (Å²) in [6.07, 6.45) is 4.91. The van der Waals surface area contributed by atoms with Crippen LogP contribution in [0, 0.1) is 0 Å². The first kappa shape index (κ1) is 13.8. The molecule has 1 N–H and O–H groups in total. The van der Waals surface area contributed by atoms with Crippen molar-refractivity contribution in [1.29, 1.82) is 0 Å². The van der Waals surface area contributed by atoms with Crippen LogP contribution in [0.25, 0.3) is 0 Å². The van der Waals surface area contributed by atoms with Crippen molar-refractivity contribution in [3.05, 3.63) is 24.7 Å². The zero-order valence-corrected chi connectivity index (χ0v) is 11.6. The van der Waals surface area contributed by atoms with Crippen LogP contribution < -0.4 is 10.1 Å². The SMILES string of the molecule is COc1ccnc(Nc2cnn(CC(=O)N(C)C)c2)n1. The lowest BCUT2D eigenvalue weighted by molar-refractivity contribution is -0.129. The van der Waals surface area contributed by atoms with Crippen molar-refractivity contribution in [2.24, 2.45) is 0 Å². The van der Waals surface area contributed by atoms with E-state index in [4.69, 9.17) is 4.74 Å². The molecule has 2 aromatic rings. The molecule has 0 spiro atoms. The molecule has 2 heterocycles. The van der Waals surface area contributed by atoms with Gasteiger partial charge in [-0.15, -0.1) is 0 Å². The van der Waals surface area contributed by atoms with Crippen molar-refractivity contribution in [1.82, 2.24) is 24.6 Å². The highest BCUT2D eigenvalue weighted by atomic mass is 16.5. The molecule has 0 radical (unpaired) electrons. The van der Waals surface area contributed by atoms with Gasteiger partial charge in [-0.1, -0.05) is 0 Å². The van der Waals surface area contributed by atoms with Crippen LogP contribution in [-0.2, 0) is 11.3 Å². The molecule has 8 nitrogen and oxygen atoms in total. The number of carbonyl (C=O) groups is 1. The Balaban J connectivity index is 2.03. The second-order valence-electron chi connectivity index (χ2n) is 4.26. The number of nitrogens with zero attached hydrogens (tertiary/aromatic N) is 5. The van der Waals surface area contributed by atoms with Gasteiger partial charge in [0.05, 0.1) is 19.0 Å². The highest BCUT2D eigenvalue weighted by Gasteiger charge is 2.07. The van der Waals surface area contributed by atoms with E-state index in [0.29, 0.717) is 17.5 Å². The van der Waals surface area contributed by atoms with Gasteiger partial charge in [0.1, 0.15) is 6.54 Å². The van der Waals surface area contributed by atoms with Crippen LogP contribution in [0.15, 0.2) is 24.7 Å². The number of rotatable bonds is 5. The van der Waals surface area contributed by atoms with Crippen LogP contribution in [0.2, 0.25) is 0 Å². The fourth-order valence-corrected chi connectivity index (χ4v) is 1.44. The molecule has 0 fully saturated rings. The van der Waals surface area contributed by atoms with E-state index >= 15 is 0 Å². The number of amides is 1. The molecule has 20 heavy (non-hydrogen) atoms. The minimum absolute atomic E-state index is 0.0303. The zero-order chi connectivity index (χ0) is 14.5. The van der Waals surface area contributed by atoms with Crippen LogP contribution in [0.4, 0.5) is 11.6 Å². The standard InChI is InChI=1S/C12H16N6O2/c1-17(2)11(19)8-18-7-9(6-14-18)15-12-13-5-4-10(16-12)20-3/h4-7H,8H2,1-3H3,(H,13,15,16). The van der Waals surface area contributed by atoms with Gasteiger partial charge in [0.15, 0.2) is 0 Å². The first-order valence-corrected chi connectivity index (χ1v) is 5.95. The van der Waals surface area contributed by atoms with E-state index in [1.165, 1.54) is 12.0 Å². The number of anilines is 2. The maximum Gasteiger partial charge on any atom is 0.243 e. The van der Waals surface area contributed by atoms with Crippen LogP contribution in [-0.4, -0.2) is 51.8 Å². The molecule has 0 saturated carbocycles. The normalized spacial score (nSPS) is 10.2. The Labute approximate surface area is 116 Å². The lowest BCUT2D eigenvalue weighted by Crippen LogP contribution is -2.26. The molecule has 1 amide bonds. The van der Waals surface area contributed by atoms with Gasteiger partial charge in [-0.25, -0.2) is 4.98 Å². The maximum absolute atomic E-state index is 11.6. The molecule has 2 rings (SSSR count). The molecule has 106 valence electrons. The van der Waals surface area contributed by atoms with E-state index in [-0.39, 0.29) is 12.5 Å². The lowest BCUT2D eigenvalue weighted by Gasteiger charge is -2.09. The number of methoxy groups -OCH3 is 1. The predicted octanol–water partition coefficient (Wildman–Crippen LogP) is 0.513. The minimum Gasteiger partial charge on any atom is -0.481 e. The van der Waals surface area contributed by atoms with Gasteiger partial charge in [0, 0.05) is 32.6 Å². The molecule has 0 aliphatic heterocycles. The number of likely N-dealkylation sites (N-methyl/N-ethyl adjacent to an activating group) is 1. The number of aromatic nitrogens is 4. The number of hydrogen-bond acceptors (Lipinski definition) is 6. The predicted molar refractivity (Wildman–Crippen MR) is 72.8 cm³/mol. The third-order valence-corrected chi connectivity index (χ3v) is 2.52. The van der Waals surface area contributed by atoms with Crippen molar-refractivity contribution in [3.8, 4) is 5.88 Å². The van der Waals surface area contributed by atoms with E-state index in [1.54, 1.807) is 43.4 Å². The smallest absolute Gasteiger partial charge is 0.243 e. The van der Waals surface area contributed by atoms with Gasteiger partial charge in [0.25, 0.3) is 0 Å². The van der Waals surface area contributed by atoms with Crippen molar-refractivity contribution in [2.75, 3.05) is 26.5 Å². The largest absolute Gasteiger partial charge is 0.481 e. The van der Waals surface area contributed by atoms with Crippen molar-refractivity contribution in [2.45, 2.75) is 6.54 Å². The number of hydrogen-bond donors (Lipinski definition) is 1. The second kappa shape index (κ2) is 6.00. The van der Waals surface area contributed by atoms with Crippen LogP contribution in [0.1, 0.15) is 0 Å². The Morgan fingerprint density at radius 1 is 1.50 bits per heavy atom. The Morgan fingerprint density at radius 2 is 2.30 bits per heavy atom. The summed E-state index contributed by atoms with van der Waals surface area (Å²) in [4.78, 5) is 21.3. The Morgan fingerprint density at radius 3 is 3.00 bits per heavy atom. The Kier molecular flexibility index (Phi) is 4.14. The quantitative estimate of drug-likeness (QED) is 0.856. The molecule has 0 aliphatic carbocycles. The van der Waals surface area contributed by atoms with Crippen LogP contribution in [0.5, 0.6) is 5.88 Å². The molecule has 0 unspecified atom stereocenters. The lowest BCUT2D eigenvalue weighted by atomic mass is 10.5. The van der Waals surface area contributed by atoms with Gasteiger partial charge >= 0.3 is 0 Å². The summed E-state index contributed by atoms with van der Waals surface area (Å²) >= 11 is 0. The Hall–Kier alpha value is -2.64. The van der Waals surface area contributed by atoms with Crippen LogP contribution >= 0.6 is 0 Å². The van der Waals surface area contributed by atoms with E-state index in [9.17, 15) is 4.79 Å². The van der Waals surface area contributed by atoms with E-state index in [1.807, 2.05) is 0 Å². The molecule has 0 atom stereocenters. The molecular weight excluding hydrogens is 260 g/mol. The monoisotopic (exact) mass is 276 g/mol. The maximum atomic E-state index is 11.6. The highest BCUT2D eigenvalue weighted by molar-refractivity contribution is 5.75. The molecule has 2 aromatic heterocycles. The summed E-state index contributed by atoms with van der Waals surface area (Å²) in [5.41, 5.74) is 0.699. The highest BCUT2D eigenvalue weighted by Crippen LogP contribution is 2.13. The fraction of sp³-hybridized carbons (Fsp3) is 0.333. The average molecular weight is 276 g/mol. The molecule has 0 saturated heterocycles. The molecule has 0 aliphatic rings.